The zero-order valence-corrected chi connectivity index (χ0v) is 50.4. The number of allylic oxidation sites excluding steroid dienone is 18. The van der Waals surface area contributed by atoms with E-state index in [9.17, 15) is 14.4 Å². The van der Waals surface area contributed by atoms with Crippen LogP contribution in [0.15, 0.2) is 109 Å². The smallest absolute Gasteiger partial charge is 0.306 e. The summed E-state index contributed by atoms with van der Waals surface area (Å²) >= 11 is 0. The number of ether oxygens (including phenoxy) is 3. The molecule has 1 unspecified atom stereocenters. The van der Waals surface area contributed by atoms with E-state index in [1.165, 1.54) is 135 Å². The second kappa shape index (κ2) is 64.6. The molecule has 0 N–H and O–H groups in total. The van der Waals surface area contributed by atoms with Gasteiger partial charge in [-0.15, -0.1) is 0 Å². The standard InChI is InChI=1S/C71H120O6/c1-4-7-10-13-15-17-19-21-23-25-27-29-30-31-32-33-34-35-36-37-38-39-40-42-43-45-47-49-51-53-55-58-61-64-70(73)76-67-68(66-75-69(72)63-60-57-12-9-6-3)77-71(74)65-62-59-56-54-52-50-48-46-44-41-28-26-24-22-20-18-16-14-11-8-5-2/h7,10,15,17,20-23,26-29,31-32,34-35,44,46,68H,4-6,8-9,11-14,16,18-19,24-25,30,33,36-43,45,47-67H2,1-3H3/b10-7-,17-15-,22-20-,23-21-,28-26-,29-27-,32-31-,35-34-,46-44-. The Morgan fingerprint density at radius 1 is 0.273 bits per heavy atom. The highest BCUT2D eigenvalue weighted by molar-refractivity contribution is 5.71. The number of esters is 3. The molecule has 0 saturated carbocycles. The molecule has 0 radical (unpaired) electrons. The van der Waals surface area contributed by atoms with Crippen molar-refractivity contribution in [2.75, 3.05) is 13.2 Å². The zero-order valence-electron chi connectivity index (χ0n) is 50.4. The van der Waals surface area contributed by atoms with Crippen molar-refractivity contribution in [3.63, 3.8) is 0 Å². The lowest BCUT2D eigenvalue weighted by Gasteiger charge is -2.18. The molecule has 0 aliphatic carbocycles. The Bertz CT molecular complexity index is 1560. The number of hydrogen-bond donors (Lipinski definition) is 0. The molecule has 0 aromatic carbocycles. The molecule has 0 fully saturated rings. The first kappa shape index (κ1) is 73.1. The predicted octanol–water partition coefficient (Wildman–Crippen LogP) is 22.2. The third kappa shape index (κ3) is 62.8. The Balaban J connectivity index is 4.03. The van der Waals surface area contributed by atoms with Gasteiger partial charge in [-0.1, -0.05) is 284 Å². The van der Waals surface area contributed by atoms with Crippen LogP contribution in [0.25, 0.3) is 0 Å². The molecule has 6 nitrogen and oxygen atoms in total. The minimum Gasteiger partial charge on any atom is -0.462 e. The van der Waals surface area contributed by atoms with Crippen LogP contribution >= 0.6 is 0 Å². The molecule has 0 amide bonds. The van der Waals surface area contributed by atoms with Crippen LogP contribution in [-0.4, -0.2) is 37.2 Å². The Labute approximate surface area is 476 Å². The summed E-state index contributed by atoms with van der Waals surface area (Å²) < 4.78 is 16.8. The van der Waals surface area contributed by atoms with Gasteiger partial charge in [0.05, 0.1) is 0 Å². The Morgan fingerprint density at radius 3 is 0.792 bits per heavy atom. The van der Waals surface area contributed by atoms with Crippen LogP contribution in [0.1, 0.15) is 303 Å². The van der Waals surface area contributed by atoms with E-state index < -0.39 is 6.10 Å². The van der Waals surface area contributed by atoms with Gasteiger partial charge in [-0.25, -0.2) is 0 Å². The third-order valence-corrected chi connectivity index (χ3v) is 13.8. The van der Waals surface area contributed by atoms with Gasteiger partial charge < -0.3 is 14.2 Å². The molecule has 440 valence electrons. The minimum absolute atomic E-state index is 0.0825. The Morgan fingerprint density at radius 2 is 0.506 bits per heavy atom. The summed E-state index contributed by atoms with van der Waals surface area (Å²) in [5, 5.41) is 0. The van der Waals surface area contributed by atoms with Crippen LogP contribution in [0.2, 0.25) is 0 Å². The van der Waals surface area contributed by atoms with E-state index in [1.54, 1.807) is 0 Å². The first-order chi connectivity index (χ1) is 38.0. The largest absolute Gasteiger partial charge is 0.462 e. The predicted molar refractivity (Wildman–Crippen MR) is 334 cm³/mol. The van der Waals surface area contributed by atoms with E-state index in [0.717, 1.165) is 128 Å². The van der Waals surface area contributed by atoms with Crippen LogP contribution in [0.5, 0.6) is 0 Å². The van der Waals surface area contributed by atoms with Crippen LogP contribution in [0, 0.1) is 0 Å². The van der Waals surface area contributed by atoms with E-state index in [-0.39, 0.29) is 31.1 Å². The first-order valence-corrected chi connectivity index (χ1v) is 32.4. The average molecular weight is 1070 g/mol. The molecule has 0 rings (SSSR count). The molecule has 0 spiro atoms. The molecule has 0 aromatic heterocycles. The van der Waals surface area contributed by atoms with Crippen molar-refractivity contribution < 1.29 is 28.6 Å². The molecule has 0 aromatic rings. The maximum atomic E-state index is 12.8. The van der Waals surface area contributed by atoms with Crippen molar-refractivity contribution in [2.24, 2.45) is 0 Å². The van der Waals surface area contributed by atoms with Crippen LogP contribution in [-0.2, 0) is 28.6 Å². The quantitative estimate of drug-likeness (QED) is 0.0261. The highest BCUT2D eigenvalue weighted by Crippen LogP contribution is 2.16. The Hall–Kier alpha value is -3.93. The van der Waals surface area contributed by atoms with Crippen molar-refractivity contribution in [2.45, 2.75) is 309 Å². The highest BCUT2D eigenvalue weighted by atomic mass is 16.6. The van der Waals surface area contributed by atoms with Crippen molar-refractivity contribution >= 4 is 17.9 Å². The number of carbonyl (C=O) groups excluding carboxylic acids is 3. The molecule has 6 heteroatoms. The van der Waals surface area contributed by atoms with Gasteiger partial charge in [0.2, 0.25) is 0 Å². The lowest BCUT2D eigenvalue weighted by Crippen LogP contribution is -2.30. The van der Waals surface area contributed by atoms with Crippen molar-refractivity contribution in [1.29, 1.82) is 0 Å². The second-order valence-electron chi connectivity index (χ2n) is 21.3. The summed E-state index contributed by atoms with van der Waals surface area (Å²) in [5.41, 5.74) is 0. The molecular weight excluding hydrogens is 949 g/mol. The lowest BCUT2D eigenvalue weighted by atomic mass is 10.0. The molecule has 0 aliphatic heterocycles. The SMILES string of the molecule is CC/C=C\C/C=C\C/C=C\C/C=C\C/C=C\C/C=C\CCCCCCCCCCCCCCCCC(=O)OCC(COC(=O)CCCCCCC)OC(=O)CCCCCCCC/C=C\C/C=C\C/C=C\CCCCCCC. The summed E-state index contributed by atoms with van der Waals surface area (Å²) in [4.78, 5) is 37.9. The van der Waals surface area contributed by atoms with Crippen molar-refractivity contribution in [1.82, 2.24) is 0 Å². The van der Waals surface area contributed by atoms with E-state index in [1.807, 2.05) is 0 Å². The van der Waals surface area contributed by atoms with E-state index >= 15 is 0 Å². The fraction of sp³-hybridized carbons (Fsp3) is 0.704. The van der Waals surface area contributed by atoms with E-state index in [0.29, 0.717) is 19.3 Å². The van der Waals surface area contributed by atoms with Crippen LogP contribution < -0.4 is 0 Å². The molecule has 0 aliphatic rings. The summed E-state index contributed by atoms with van der Waals surface area (Å²) in [7, 11) is 0. The molecule has 0 bridgehead atoms. The first-order valence-electron chi connectivity index (χ1n) is 32.4. The van der Waals surface area contributed by atoms with Gasteiger partial charge in [-0.2, -0.15) is 0 Å². The van der Waals surface area contributed by atoms with E-state index in [4.69, 9.17) is 14.2 Å². The minimum atomic E-state index is -0.782. The molecule has 77 heavy (non-hydrogen) atoms. The van der Waals surface area contributed by atoms with Gasteiger partial charge in [0.15, 0.2) is 6.10 Å². The monoisotopic (exact) mass is 1070 g/mol. The van der Waals surface area contributed by atoms with E-state index in [2.05, 4.69) is 130 Å². The molecule has 1 atom stereocenters. The normalized spacial score (nSPS) is 12.8. The van der Waals surface area contributed by atoms with Gasteiger partial charge in [-0.05, 0) is 109 Å². The average Bonchev–Trinajstić information content (AvgIpc) is 3.43. The highest BCUT2D eigenvalue weighted by Gasteiger charge is 2.19. The third-order valence-electron chi connectivity index (χ3n) is 13.8. The van der Waals surface area contributed by atoms with Crippen molar-refractivity contribution in [3.05, 3.63) is 109 Å². The summed E-state index contributed by atoms with van der Waals surface area (Å²) in [5.74, 6) is -0.904. The van der Waals surface area contributed by atoms with Gasteiger partial charge in [0, 0.05) is 19.3 Å². The van der Waals surface area contributed by atoms with Gasteiger partial charge >= 0.3 is 17.9 Å². The number of unbranched alkanes of at least 4 members (excludes halogenated alkanes) is 29. The number of carbonyl (C=O) groups is 3. The summed E-state index contributed by atoms with van der Waals surface area (Å²) in [6.45, 7) is 6.43. The van der Waals surface area contributed by atoms with Gasteiger partial charge in [0.1, 0.15) is 13.2 Å². The second-order valence-corrected chi connectivity index (χ2v) is 21.3. The molecule has 0 heterocycles. The summed E-state index contributed by atoms with van der Waals surface area (Å²) in [6.07, 6.45) is 88.6. The number of rotatable bonds is 58. The molecular formula is C71H120O6. The summed E-state index contributed by atoms with van der Waals surface area (Å²) in [6, 6.07) is 0. The maximum absolute atomic E-state index is 12.8. The number of hydrogen-bond acceptors (Lipinski definition) is 6. The van der Waals surface area contributed by atoms with Crippen LogP contribution in [0.3, 0.4) is 0 Å². The lowest BCUT2D eigenvalue weighted by molar-refractivity contribution is -0.167. The fourth-order valence-corrected chi connectivity index (χ4v) is 8.92. The van der Waals surface area contributed by atoms with Gasteiger partial charge in [0.25, 0.3) is 0 Å². The Kier molecular flexibility index (Phi) is 61.3. The maximum Gasteiger partial charge on any atom is 0.306 e. The van der Waals surface area contributed by atoms with Gasteiger partial charge in [-0.3, -0.25) is 14.4 Å². The molecule has 0 saturated heterocycles. The van der Waals surface area contributed by atoms with Crippen molar-refractivity contribution in [3.8, 4) is 0 Å². The topological polar surface area (TPSA) is 78.9 Å². The zero-order chi connectivity index (χ0) is 55.7. The van der Waals surface area contributed by atoms with Crippen LogP contribution in [0.4, 0.5) is 0 Å². The fourth-order valence-electron chi connectivity index (χ4n) is 8.92.